The number of nitro groups is 1. The van der Waals surface area contributed by atoms with Gasteiger partial charge >= 0.3 is 0 Å². The molecule has 2 amide bonds. The summed E-state index contributed by atoms with van der Waals surface area (Å²) in [5.41, 5.74) is 2.20. The minimum atomic E-state index is -0.671. The third-order valence-electron chi connectivity index (χ3n) is 3.54. The van der Waals surface area contributed by atoms with Crippen molar-refractivity contribution < 1.29 is 18.9 Å². The Morgan fingerprint density at radius 2 is 2.00 bits per heavy atom. The molecule has 0 aliphatic heterocycles. The number of hydrazone groups is 1. The van der Waals surface area contributed by atoms with Crippen molar-refractivity contribution in [1.82, 2.24) is 10.7 Å². The predicted molar refractivity (Wildman–Crippen MR) is 97.3 cm³/mol. The Morgan fingerprint density at radius 3 is 2.67 bits per heavy atom. The summed E-state index contributed by atoms with van der Waals surface area (Å²) < 4.78 is 13.6. The molecule has 0 radical (unpaired) electrons. The highest BCUT2D eigenvalue weighted by molar-refractivity contribution is 6.33. The molecule has 2 N–H and O–H groups in total. The summed E-state index contributed by atoms with van der Waals surface area (Å²) >= 11 is 5.82. The van der Waals surface area contributed by atoms with Crippen LogP contribution < -0.4 is 10.7 Å². The molecule has 0 heterocycles. The quantitative estimate of drug-likeness (QED) is 0.446. The smallest absolute Gasteiger partial charge is 0.273 e. The fourth-order valence-electron chi connectivity index (χ4n) is 2.17. The zero-order valence-electron chi connectivity index (χ0n) is 14.0. The van der Waals surface area contributed by atoms with Gasteiger partial charge in [0.25, 0.3) is 17.5 Å². The molecule has 2 rings (SSSR count). The zero-order chi connectivity index (χ0) is 20.0. The molecule has 0 bridgehead atoms. The van der Waals surface area contributed by atoms with E-state index in [1.165, 1.54) is 43.3 Å². The number of carbonyl (C=O) groups is 2. The lowest BCUT2D eigenvalue weighted by atomic mass is 10.1. The summed E-state index contributed by atoms with van der Waals surface area (Å²) in [4.78, 5) is 34.1. The molecule has 0 fully saturated rings. The van der Waals surface area contributed by atoms with E-state index >= 15 is 0 Å². The van der Waals surface area contributed by atoms with E-state index in [4.69, 9.17) is 11.6 Å². The Balaban J connectivity index is 1.94. The van der Waals surface area contributed by atoms with Crippen molar-refractivity contribution in [3.05, 3.63) is 74.0 Å². The van der Waals surface area contributed by atoms with E-state index in [-0.39, 0.29) is 27.4 Å². The lowest BCUT2D eigenvalue weighted by molar-refractivity contribution is -0.385. The van der Waals surface area contributed by atoms with Gasteiger partial charge in [0.15, 0.2) is 0 Å². The van der Waals surface area contributed by atoms with Crippen LogP contribution in [0.3, 0.4) is 0 Å². The fourth-order valence-corrected chi connectivity index (χ4v) is 2.38. The summed E-state index contributed by atoms with van der Waals surface area (Å²) in [6.07, 6.45) is 1.04. The molecule has 0 saturated carbocycles. The molecular weight excluding hydrogens is 379 g/mol. The summed E-state index contributed by atoms with van der Waals surface area (Å²) in [5, 5.41) is 16.9. The van der Waals surface area contributed by atoms with Crippen LogP contribution in [0.15, 0.2) is 41.5 Å². The van der Waals surface area contributed by atoms with E-state index in [1.807, 2.05) is 0 Å². The third kappa shape index (κ3) is 5.08. The SMILES string of the molecule is Cc1c(C(=O)NCC(=O)N/N=C/c2c(F)cccc2Cl)cccc1[N+](=O)[O-]. The Bertz CT molecular complexity index is 913. The van der Waals surface area contributed by atoms with Gasteiger partial charge in [0.1, 0.15) is 5.82 Å². The summed E-state index contributed by atoms with van der Waals surface area (Å²) in [5.74, 6) is -1.92. The first-order valence-corrected chi connectivity index (χ1v) is 7.97. The van der Waals surface area contributed by atoms with Gasteiger partial charge in [0.05, 0.1) is 22.7 Å². The summed E-state index contributed by atoms with van der Waals surface area (Å²) in [6.45, 7) is 1.01. The highest BCUT2D eigenvalue weighted by Crippen LogP contribution is 2.20. The van der Waals surface area contributed by atoms with E-state index in [0.29, 0.717) is 0 Å². The molecule has 8 nitrogen and oxygen atoms in total. The van der Waals surface area contributed by atoms with Crippen LogP contribution >= 0.6 is 11.6 Å². The van der Waals surface area contributed by atoms with Crippen LogP contribution in [0.2, 0.25) is 5.02 Å². The predicted octanol–water partition coefficient (Wildman–Crippen LogP) is 2.58. The maximum atomic E-state index is 13.6. The Kier molecular flexibility index (Phi) is 6.56. The van der Waals surface area contributed by atoms with Crippen molar-refractivity contribution in [1.29, 1.82) is 0 Å². The topological polar surface area (TPSA) is 114 Å². The van der Waals surface area contributed by atoms with Crippen LogP contribution in [-0.2, 0) is 4.79 Å². The normalized spacial score (nSPS) is 10.6. The van der Waals surface area contributed by atoms with Crippen LogP contribution in [0, 0.1) is 22.9 Å². The molecule has 0 saturated heterocycles. The van der Waals surface area contributed by atoms with Gasteiger partial charge in [0.2, 0.25) is 0 Å². The average molecular weight is 393 g/mol. The minimum absolute atomic E-state index is 0.00993. The number of amides is 2. The minimum Gasteiger partial charge on any atom is -0.343 e. The van der Waals surface area contributed by atoms with Gasteiger partial charge in [-0.2, -0.15) is 5.10 Å². The lowest BCUT2D eigenvalue weighted by Crippen LogP contribution is -2.35. The Morgan fingerprint density at radius 1 is 1.30 bits per heavy atom. The van der Waals surface area contributed by atoms with E-state index in [9.17, 15) is 24.1 Å². The fraction of sp³-hybridized carbons (Fsp3) is 0.118. The van der Waals surface area contributed by atoms with Crippen LogP contribution in [0.5, 0.6) is 0 Å². The molecule has 0 aliphatic carbocycles. The van der Waals surface area contributed by atoms with Crippen molar-refractivity contribution in [3.8, 4) is 0 Å². The average Bonchev–Trinajstić information content (AvgIpc) is 2.62. The number of rotatable bonds is 6. The van der Waals surface area contributed by atoms with Crippen molar-refractivity contribution in [2.45, 2.75) is 6.92 Å². The number of benzene rings is 2. The van der Waals surface area contributed by atoms with E-state index in [0.717, 1.165) is 6.21 Å². The second-order valence-electron chi connectivity index (χ2n) is 5.32. The van der Waals surface area contributed by atoms with Crippen LogP contribution in [0.25, 0.3) is 0 Å². The monoisotopic (exact) mass is 392 g/mol. The zero-order valence-corrected chi connectivity index (χ0v) is 14.8. The number of nitrogens with zero attached hydrogens (tertiary/aromatic N) is 2. The molecule has 0 atom stereocenters. The van der Waals surface area contributed by atoms with Crippen molar-refractivity contribution in [2.24, 2.45) is 5.10 Å². The van der Waals surface area contributed by atoms with E-state index in [2.05, 4.69) is 15.8 Å². The van der Waals surface area contributed by atoms with E-state index in [1.54, 1.807) is 0 Å². The van der Waals surface area contributed by atoms with Crippen molar-refractivity contribution in [3.63, 3.8) is 0 Å². The molecule has 2 aromatic carbocycles. The highest BCUT2D eigenvalue weighted by atomic mass is 35.5. The van der Waals surface area contributed by atoms with Crippen LogP contribution in [0.4, 0.5) is 10.1 Å². The first-order valence-electron chi connectivity index (χ1n) is 7.59. The second kappa shape index (κ2) is 8.86. The van der Waals surface area contributed by atoms with Gasteiger partial charge in [0, 0.05) is 22.8 Å². The summed E-state index contributed by atoms with van der Waals surface area (Å²) in [7, 11) is 0. The number of halogens is 2. The maximum absolute atomic E-state index is 13.6. The van der Waals surface area contributed by atoms with Gasteiger partial charge in [-0.1, -0.05) is 23.7 Å². The molecule has 10 heteroatoms. The van der Waals surface area contributed by atoms with Gasteiger partial charge in [-0.05, 0) is 25.1 Å². The van der Waals surface area contributed by atoms with Gasteiger partial charge < -0.3 is 5.32 Å². The Hall–Kier alpha value is -3.33. The lowest BCUT2D eigenvalue weighted by Gasteiger charge is -2.07. The largest absolute Gasteiger partial charge is 0.343 e. The highest BCUT2D eigenvalue weighted by Gasteiger charge is 2.18. The van der Waals surface area contributed by atoms with Gasteiger partial charge in [-0.3, -0.25) is 19.7 Å². The molecule has 0 aromatic heterocycles. The molecule has 0 aliphatic rings. The number of nitrogens with one attached hydrogen (secondary N) is 2. The van der Waals surface area contributed by atoms with Crippen LogP contribution in [-0.4, -0.2) is 29.5 Å². The molecule has 27 heavy (non-hydrogen) atoms. The number of carbonyl (C=O) groups excluding carboxylic acids is 2. The van der Waals surface area contributed by atoms with E-state index < -0.39 is 29.1 Å². The third-order valence-corrected chi connectivity index (χ3v) is 3.87. The summed E-state index contributed by atoms with van der Waals surface area (Å²) in [6, 6.07) is 8.16. The number of nitro benzene ring substituents is 1. The second-order valence-corrected chi connectivity index (χ2v) is 5.73. The first-order chi connectivity index (χ1) is 12.8. The van der Waals surface area contributed by atoms with Crippen molar-refractivity contribution >= 4 is 35.3 Å². The number of hydrogen-bond acceptors (Lipinski definition) is 5. The first kappa shape index (κ1) is 20.0. The molecule has 0 unspecified atom stereocenters. The Labute approximate surface area is 158 Å². The number of hydrogen-bond donors (Lipinski definition) is 2. The molecule has 140 valence electrons. The van der Waals surface area contributed by atoms with Crippen LogP contribution in [0.1, 0.15) is 21.5 Å². The van der Waals surface area contributed by atoms with Gasteiger partial charge in [-0.15, -0.1) is 0 Å². The van der Waals surface area contributed by atoms with Crippen molar-refractivity contribution in [2.75, 3.05) is 6.54 Å². The molecular formula is C17H14ClFN4O4. The standard InChI is InChI=1S/C17H14ClFN4O4/c1-10-11(4-2-7-15(10)23(26)27)17(25)20-9-16(24)22-21-8-12-13(18)5-3-6-14(12)19/h2-8H,9H2,1H3,(H,20,25)(H,22,24)/b21-8+. The maximum Gasteiger partial charge on any atom is 0.273 e. The molecule has 2 aromatic rings. The van der Waals surface area contributed by atoms with Gasteiger partial charge in [-0.25, -0.2) is 9.82 Å². The molecule has 0 spiro atoms.